The van der Waals surface area contributed by atoms with Gasteiger partial charge in [0, 0.05) is 25.1 Å². The highest BCUT2D eigenvalue weighted by Gasteiger charge is 2.27. The number of likely N-dealkylation sites (tertiary alicyclic amines) is 1. The largest absolute Gasteiger partial charge is 0.441 e. The second kappa shape index (κ2) is 8.13. The van der Waals surface area contributed by atoms with Crippen LogP contribution >= 0.6 is 0 Å². The van der Waals surface area contributed by atoms with Crippen LogP contribution in [0.2, 0.25) is 0 Å². The van der Waals surface area contributed by atoms with Crippen LogP contribution in [0, 0.1) is 18.3 Å². The Labute approximate surface area is 148 Å². The van der Waals surface area contributed by atoms with Crippen LogP contribution < -0.4 is 5.32 Å². The number of carbonyl (C=O) groups excluding carboxylic acids is 1. The Morgan fingerprint density at radius 1 is 1.52 bits per heavy atom. The molecule has 2 heterocycles. The van der Waals surface area contributed by atoms with Crippen LogP contribution in [-0.2, 0) is 11.2 Å². The summed E-state index contributed by atoms with van der Waals surface area (Å²) < 4.78 is 5.77. The number of nitriles is 1. The molecule has 0 unspecified atom stereocenters. The molecule has 0 aromatic carbocycles. The minimum absolute atomic E-state index is 0.000822. The molecule has 1 aliphatic heterocycles. The van der Waals surface area contributed by atoms with Gasteiger partial charge in [0.15, 0.2) is 0 Å². The van der Waals surface area contributed by atoms with E-state index < -0.39 is 0 Å². The van der Waals surface area contributed by atoms with Crippen molar-refractivity contribution in [1.82, 2.24) is 15.2 Å². The molecule has 1 aromatic rings. The van der Waals surface area contributed by atoms with Crippen LogP contribution in [0.3, 0.4) is 0 Å². The zero-order valence-corrected chi connectivity index (χ0v) is 14.6. The van der Waals surface area contributed by atoms with Gasteiger partial charge in [0.1, 0.15) is 11.8 Å². The summed E-state index contributed by atoms with van der Waals surface area (Å²) in [5.41, 5.74) is 1.96. The normalized spacial score (nSPS) is 19.8. The molecule has 0 radical (unpaired) electrons. The molecule has 1 aromatic heterocycles. The summed E-state index contributed by atoms with van der Waals surface area (Å²) in [5.74, 6) is 1.50. The molecule has 1 atom stereocenters. The fourth-order valence-corrected chi connectivity index (χ4v) is 3.26. The zero-order chi connectivity index (χ0) is 17.6. The minimum Gasteiger partial charge on any atom is -0.441 e. The van der Waals surface area contributed by atoms with Gasteiger partial charge in [-0.2, -0.15) is 5.26 Å². The Hall–Kier alpha value is -2.39. The molecule has 6 nitrogen and oxygen atoms in total. The van der Waals surface area contributed by atoms with Crippen LogP contribution in [-0.4, -0.2) is 41.5 Å². The van der Waals surface area contributed by atoms with Gasteiger partial charge in [0.05, 0.1) is 18.3 Å². The quantitative estimate of drug-likeness (QED) is 0.804. The molecular weight excluding hydrogens is 316 g/mol. The molecule has 1 fully saturated rings. The molecule has 0 saturated carbocycles. The van der Waals surface area contributed by atoms with E-state index in [0.29, 0.717) is 25.4 Å². The van der Waals surface area contributed by atoms with Crippen molar-refractivity contribution in [2.45, 2.75) is 45.1 Å². The summed E-state index contributed by atoms with van der Waals surface area (Å²) in [6, 6.07) is 1.94. The maximum atomic E-state index is 12.2. The third-order valence-corrected chi connectivity index (χ3v) is 4.67. The SMILES string of the molecule is Cc1oc(C2=CCCC=C2)nc1CCNCC(=O)N1CCC[C@H]1C#N. The highest BCUT2D eigenvalue weighted by Crippen LogP contribution is 2.23. The van der Waals surface area contributed by atoms with E-state index in [1.165, 1.54) is 0 Å². The lowest BCUT2D eigenvalue weighted by Crippen LogP contribution is -2.41. The molecule has 2 aliphatic rings. The molecule has 1 amide bonds. The predicted octanol–water partition coefficient (Wildman–Crippen LogP) is 2.36. The lowest BCUT2D eigenvalue weighted by Gasteiger charge is -2.19. The Morgan fingerprint density at radius 3 is 3.16 bits per heavy atom. The number of rotatable bonds is 6. The molecule has 1 saturated heterocycles. The van der Waals surface area contributed by atoms with Crippen molar-refractivity contribution in [3.8, 4) is 6.07 Å². The third-order valence-electron chi connectivity index (χ3n) is 4.67. The molecule has 0 bridgehead atoms. The van der Waals surface area contributed by atoms with E-state index in [1.54, 1.807) is 4.90 Å². The number of carbonyl (C=O) groups is 1. The van der Waals surface area contributed by atoms with Gasteiger partial charge in [-0.15, -0.1) is 0 Å². The standard InChI is InChI=1S/C19H24N4O2/c1-14-17(22-19(25-14)15-6-3-2-4-7-15)9-10-21-13-18(24)23-11-5-8-16(23)12-20/h3,6-7,16,21H,2,4-5,8-11,13H2,1H3/t16-/m0/s1. The predicted molar refractivity (Wildman–Crippen MR) is 94.5 cm³/mol. The Balaban J connectivity index is 1.47. The average Bonchev–Trinajstić information content (AvgIpc) is 3.26. The van der Waals surface area contributed by atoms with E-state index in [4.69, 9.17) is 9.68 Å². The van der Waals surface area contributed by atoms with Gasteiger partial charge < -0.3 is 14.6 Å². The monoisotopic (exact) mass is 340 g/mol. The number of aromatic nitrogens is 1. The van der Waals surface area contributed by atoms with E-state index in [0.717, 1.165) is 42.7 Å². The van der Waals surface area contributed by atoms with E-state index in [1.807, 2.05) is 6.92 Å². The number of amides is 1. The number of nitrogens with one attached hydrogen (secondary N) is 1. The van der Waals surface area contributed by atoms with E-state index in [9.17, 15) is 4.79 Å². The lowest BCUT2D eigenvalue weighted by atomic mass is 10.1. The van der Waals surface area contributed by atoms with Gasteiger partial charge >= 0.3 is 0 Å². The van der Waals surface area contributed by atoms with Gasteiger partial charge in [0.25, 0.3) is 0 Å². The van der Waals surface area contributed by atoms with Crippen molar-refractivity contribution >= 4 is 11.5 Å². The molecule has 6 heteroatoms. The molecule has 0 spiro atoms. The number of oxazole rings is 1. The Morgan fingerprint density at radius 2 is 2.40 bits per heavy atom. The summed E-state index contributed by atoms with van der Waals surface area (Å²) in [6.45, 7) is 3.52. The summed E-state index contributed by atoms with van der Waals surface area (Å²) in [4.78, 5) is 18.4. The summed E-state index contributed by atoms with van der Waals surface area (Å²) in [5, 5.41) is 12.2. The maximum absolute atomic E-state index is 12.2. The molecule has 1 N–H and O–H groups in total. The second-order valence-electron chi connectivity index (χ2n) is 6.46. The van der Waals surface area contributed by atoms with Gasteiger partial charge in [-0.05, 0) is 32.6 Å². The Bertz CT molecular complexity index is 726. The third kappa shape index (κ3) is 4.18. The van der Waals surface area contributed by atoms with E-state index in [2.05, 4.69) is 34.6 Å². The van der Waals surface area contributed by atoms with Gasteiger partial charge in [-0.1, -0.05) is 18.2 Å². The first kappa shape index (κ1) is 17.4. The summed E-state index contributed by atoms with van der Waals surface area (Å²) in [6.07, 6.45) is 10.8. The van der Waals surface area contributed by atoms with Crippen molar-refractivity contribution in [2.24, 2.45) is 0 Å². The van der Waals surface area contributed by atoms with Crippen LogP contribution in [0.15, 0.2) is 22.6 Å². The smallest absolute Gasteiger partial charge is 0.237 e. The number of aryl methyl sites for hydroxylation is 1. The fourth-order valence-electron chi connectivity index (χ4n) is 3.26. The minimum atomic E-state index is -0.258. The average molecular weight is 340 g/mol. The Kier molecular flexibility index (Phi) is 5.67. The lowest BCUT2D eigenvalue weighted by molar-refractivity contribution is -0.130. The molecular formula is C19H24N4O2. The van der Waals surface area contributed by atoms with Crippen molar-refractivity contribution in [3.63, 3.8) is 0 Å². The van der Waals surface area contributed by atoms with Gasteiger partial charge in [0.2, 0.25) is 11.8 Å². The zero-order valence-electron chi connectivity index (χ0n) is 14.6. The van der Waals surface area contributed by atoms with Crippen molar-refractivity contribution < 1.29 is 9.21 Å². The van der Waals surface area contributed by atoms with Crippen molar-refractivity contribution in [1.29, 1.82) is 5.26 Å². The number of nitrogens with zero attached hydrogens (tertiary/aromatic N) is 3. The van der Waals surface area contributed by atoms with Crippen molar-refractivity contribution in [3.05, 3.63) is 35.6 Å². The molecule has 3 rings (SSSR count). The van der Waals surface area contributed by atoms with Crippen LogP contribution in [0.1, 0.15) is 43.0 Å². The highest BCUT2D eigenvalue weighted by molar-refractivity contribution is 5.79. The molecule has 25 heavy (non-hydrogen) atoms. The number of allylic oxidation sites excluding steroid dienone is 4. The van der Waals surface area contributed by atoms with Crippen LogP contribution in [0.4, 0.5) is 0 Å². The van der Waals surface area contributed by atoms with Crippen LogP contribution in [0.5, 0.6) is 0 Å². The van der Waals surface area contributed by atoms with E-state index in [-0.39, 0.29) is 18.5 Å². The van der Waals surface area contributed by atoms with Gasteiger partial charge in [-0.3, -0.25) is 4.79 Å². The molecule has 1 aliphatic carbocycles. The first-order valence-corrected chi connectivity index (χ1v) is 8.92. The summed E-state index contributed by atoms with van der Waals surface area (Å²) >= 11 is 0. The first-order valence-electron chi connectivity index (χ1n) is 8.92. The van der Waals surface area contributed by atoms with Crippen molar-refractivity contribution in [2.75, 3.05) is 19.6 Å². The summed E-state index contributed by atoms with van der Waals surface area (Å²) in [7, 11) is 0. The maximum Gasteiger partial charge on any atom is 0.237 e. The van der Waals surface area contributed by atoms with Gasteiger partial charge in [-0.25, -0.2) is 4.98 Å². The van der Waals surface area contributed by atoms with E-state index >= 15 is 0 Å². The fraction of sp³-hybridized carbons (Fsp3) is 0.526. The second-order valence-corrected chi connectivity index (χ2v) is 6.46. The topological polar surface area (TPSA) is 82.2 Å². The highest BCUT2D eigenvalue weighted by atomic mass is 16.4. The number of hydrogen-bond donors (Lipinski definition) is 1. The number of hydrogen-bond acceptors (Lipinski definition) is 5. The van der Waals surface area contributed by atoms with Crippen LogP contribution in [0.25, 0.3) is 5.57 Å². The molecule has 132 valence electrons. The first-order chi connectivity index (χ1) is 12.2.